The molecule has 0 aliphatic rings. The molecule has 0 bridgehead atoms. The molecule has 0 saturated heterocycles. The third-order valence-corrected chi connectivity index (χ3v) is 2.62. The van der Waals surface area contributed by atoms with E-state index in [-0.39, 0.29) is 19.8 Å². The third-order valence-electron chi connectivity index (χ3n) is 2.04. The van der Waals surface area contributed by atoms with Crippen LogP contribution in [0.5, 0.6) is 0 Å². The van der Waals surface area contributed by atoms with Crippen molar-refractivity contribution in [1.82, 2.24) is 0 Å². The number of aliphatic hydroxyl groups is 3. The predicted molar refractivity (Wildman–Crippen MR) is 71.3 cm³/mol. The van der Waals surface area contributed by atoms with E-state index >= 15 is 0 Å². The highest BCUT2D eigenvalue weighted by Gasteiger charge is 2.25. The summed E-state index contributed by atoms with van der Waals surface area (Å²) in [7, 11) is 0. The number of rotatable bonds is 5. The van der Waals surface area contributed by atoms with Gasteiger partial charge in [0.1, 0.15) is 0 Å². The average molecular weight is 290 g/mol. The fourth-order valence-corrected chi connectivity index (χ4v) is 0.485. The molecule has 0 aromatic heterocycles. The number of thiol groups is 3. The zero-order chi connectivity index (χ0) is 13.4. The molecule has 0 saturated carbocycles. The van der Waals surface area contributed by atoms with Crippen molar-refractivity contribution >= 4 is 43.9 Å². The van der Waals surface area contributed by atoms with Crippen LogP contribution in [0.4, 0.5) is 0 Å². The van der Waals surface area contributed by atoms with Crippen molar-refractivity contribution < 1.29 is 25.2 Å². The molecule has 98 valence electrons. The van der Waals surface area contributed by atoms with Gasteiger partial charge in [-0.25, -0.2) is 4.79 Å². The van der Waals surface area contributed by atoms with Gasteiger partial charge in [0.05, 0.1) is 19.8 Å². The second-order valence-electron chi connectivity index (χ2n) is 3.27. The van der Waals surface area contributed by atoms with Gasteiger partial charge in [0, 0.05) is 5.41 Å². The molecular formula is C8H18O5S3. The summed E-state index contributed by atoms with van der Waals surface area (Å²) < 4.78 is -1.50. The molecule has 0 unspecified atom stereocenters. The van der Waals surface area contributed by atoms with Gasteiger partial charge >= 0.3 is 5.97 Å². The Morgan fingerprint density at radius 1 is 1.06 bits per heavy atom. The Labute approximate surface area is 111 Å². The van der Waals surface area contributed by atoms with Gasteiger partial charge in [-0.2, -0.15) is 0 Å². The monoisotopic (exact) mass is 290 g/mol. The van der Waals surface area contributed by atoms with Crippen LogP contribution in [0.25, 0.3) is 0 Å². The van der Waals surface area contributed by atoms with Crippen LogP contribution in [-0.2, 0) is 4.79 Å². The summed E-state index contributed by atoms with van der Waals surface area (Å²) >= 11 is 10.4. The fourth-order valence-electron chi connectivity index (χ4n) is 0.485. The lowest BCUT2D eigenvalue weighted by Gasteiger charge is -2.24. The molecule has 0 aliphatic carbocycles. The summed E-state index contributed by atoms with van der Waals surface area (Å²) in [6.07, 6.45) is 0.594. The number of hydrogen-bond acceptors (Lipinski definition) is 7. The fraction of sp³-hybridized carbons (Fsp3) is 0.875. The number of hydrogen-bond donors (Lipinski definition) is 7. The van der Waals surface area contributed by atoms with Crippen LogP contribution < -0.4 is 0 Å². The van der Waals surface area contributed by atoms with Crippen molar-refractivity contribution in [3.8, 4) is 0 Å². The Bertz CT molecular complexity index is 183. The van der Waals surface area contributed by atoms with E-state index in [1.807, 2.05) is 6.92 Å². The second kappa shape index (κ2) is 8.48. The van der Waals surface area contributed by atoms with Crippen molar-refractivity contribution in [2.45, 2.75) is 16.8 Å². The first-order valence-corrected chi connectivity index (χ1v) is 5.76. The highest BCUT2D eigenvalue weighted by molar-refractivity contribution is 8.18. The second-order valence-corrected chi connectivity index (χ2v) is 6.34. The third kappa shape index (κ3) is 7.64. The van der Waals surface area contributed by atoms with Gasteiger partial charge in [0.2, 0.25) is 0 Å². The zero-order valence-electron chi connectivity index (χ0n) is 8.87. The molecule has 0 atom stereocenters. The molecule has 0 aromatic rings. The van der Waals surface area contributed by atoms with Crippen LogP contribution in [0, 0.1) is 5.41 Å². The Morgan fingerprint density at radius 3 is 1.31 bits per heavy atom. The van der Waals surface area contributed by atoms with Crippen LogP contribution in [0.15, 0.2) is 0 Å². The summed E-state index contributed by atoms with van der Waals surface area (Å²) in [6.45, 7) is 1.35. The molecular weight excluding hydrogens is 272 g/mol. The van der Waals surface area contributed by atoms with E-state index in [0.29, 0.717) is 6.42 Å². The first kappa shape index (κ1) is 18.8. The molecule has 8 heteroatoms. The van der Waals surface area contributed by atoms with Gasteiger partial charge < -0.3 is 20.4 Å². The minimum absolute atomic E-state index is 0.156. The van der Waals surface area contributed by atoms with Gasteiger partial charge in [-0.15, -0.1) is 37.9 Å². The van der Waals surface area contributed by atoms with E-state index in [9.17, 15) is 4.79 Å². The maximum absolute atomic E-state index is 9.79. The minimum atomic E-state index is -1.50. The van der Waals surface area contributed by atoms with Crippen molar-refractivity contribution in [3.05, 3.63) is 0 Å². The Balaban J connectivity index is 0. The van der Waals surface area contributed by atoms with E-state index in [0.717, 1.165) is 0 Å². The van der Waals surface area contributed by atoms with Gasteiger partial charge in [-0.05, 0) is 6.42 Å². The topological polar surface area (TPSA) is 98.0 Å². The molecule has 0 aliphatic heterocycles. The van der Waals surface area contributed by atoms with E-state index < -0.39 is 14.8 Å². The number of aliphatic carboxylic acids is 1. The molecule has 0 amide bonds. The van der Waals surface area contributed by atoms with Crippen LogP contribution in [0.2, 0.25) is 0 Å². The SMILES string of the molecule is CCC(CO)(CO)CO.O=C(O)C(S)(S)S. The number of carboxylic acid groups (broad SMARTS) is 1. The van der Waals surface area contributed by atoms with Crippen molar-refractivity contribution in [1.29, 1.82) is 0 Å². The van der Waals surface area contributed by atoms with Crippen LogP contribution in [0.1, 0.15) is 13.3 Å². The van der Waals surface area contributed by atoms with E-state index in [1.165, 1.54) is 0 Å². The molecule has 5 nitrogen and oxygen atoms in total. The summed E-state index contributed by atoms with van der Waals surface area (Å²) in [4.78, 5) is 9.79. The summed E-state index contributed by atoms with van der Waals surface area (Å²) in [5.74, 6) is -1.16. The largest absolute Gasteiger partial charge is 0.479 e. The molecule has 0 spiro atoms. The van der Waals surface area contributed by atoms with Crippen molar-refractivity contribution in [2.75, 3.05) is 19.8 Å². The van der Waals surface area contributed by atoms with Gasteiger partial charge in [-0.3, -0.25) is 0 Å². The highest BCUT2D eigenvalue weighted by Crippen LogP contribution is 2.23. The smallest absolute Gasteiger partial charge is 0.339 e. The van der Waals surface area contributed by atoms with Gasteiger partial charge in [0.15, 0.2) is 3.41 Å². The first-order chi connectivity index (χ1) is 7.19. The molecule has 0 rings (SSSR count). The van der Waals surface area contributed by atoms with Crippen molar-refractivity contribution in [2.24, 2.45) is 5.41 Å². The number of aliphatic hydroxyl groups excluding tert-OH is 3. The molecule has 4 N–H and O–H groups in total. The van der Waals surface area contributed by atoms with Gasteiger partial charge in [0.25, 0.3) is 0 Å². The Hall–Kier alpha value is 0.400. The van der Waals surface area contributed by atoms with Gasteiger partial charge in [-0.1, -0.05) is 6.92 Å². The first-order valence-electron chi connectivity index (χ1n) is 4.42. The molecule has 16 heavy (non-hydrogen) atoms. The standard InChI is InChI=1S/C6H14O3.C2H4O2S3/c1-2-6(3-7,4-8)5-9;3-1(4)2(5,6)7/h7-9H,2-5H2,1H3;5-7H,(H,3,4). The molecule has 0 aromatic carbocycles. The molecule has 0 heterocycles. The zero-order valence-corrected chi connectivity index (χ0v) is 11.6. The maximum Gasteiger partial charge on any atom is 0.339 e. The van der Waals surface area contributed by atoms with E-state index in [1.54, 1.807) is 0 Å². The normalized spacial score (nSPS) is 11.7. The summed E-state index contributed by atoms with van der Waals surface area (Å²) in [6, 6.07) is 0. The summed E-state index contributed by atoms with van der Waals surface area (Å²) in [5, 5.41) is 34.0. The minimum Gasteiger partial charge on any atom is -0.479 e. The predicted octanol–water partition coefficient (Wildman–Crippen LogP) is -0.126. The average Bonchev–Trinajstić information content (AvgIpc) is 2.21. The van der Waals surface area contributed by atoms with E-state index in [4.69, 9.17) is 20.4 Å². The van der Waals surface area contributed by atoms with Crippen LogP contribution >= 0.6 is 37.9 Å². The lowest BCUT2D eigenvalue weighted by Crippen LogP contribution is -2.32. The highest BCUT2D eigenvalue weighted by atomic mass is 32.2. The molecule has 0 fully saturated rings. The van der Waals surface area contributed by atoms with Crippen LogP contribution in [0.3, 0.4) is 0 Å². The number of carboxylic acids is 1. The lowest BCUT2D eigenvalue weighted by molar-refractivity contribution is -0.135. The lowest BCUT2D eigenvalue weighted by atomic mass is 9.88. The maximum atomic E-state index is 9.79. The number of carbonyl (C=O) groups is 1. The molecule has 0 radical (unpaired) electrons. The van der Waals surface area contributed by atoms with Crippen LogP contribution in [-0.4, -0.2) is 49.6 Å². The Kier molecular flexibility index (Phi) is 9.95. The quantitative estimate of drug-likeness (QED) is 0.283. The van der Waals surface area contributed by atoms with E-state index in [2.05, 4.69) is 37.9 Å². The Morgan fingerprint density at radius 2 is 1.31 bits per heavy atom. The summed E-state index contributed by atoms with van der Waals surface area (Å²) in [5.41, 5.74) is -0.667. The van der Waals surface area contributed by atoms with Crippen molar-refractivity contribution in [3.63, 3.8) is 0 Å².